The number of hydrogen-bond donors (Lipinski definition) is 2. The van der Waals surface area contributed by atoms with Crippen molar-refractivity contribution in [2.75, 3.05) is 32.9 Å². The van der Waals surface area contributed by atoms with Gasteiger partial charge in [-0.2, -0.15) is 0 Å². The summed E-state index contributed by atoms with van der Waals surface area (Å²) in [5, 5.41) is 6.05. The molecule has 2 N–H and O–H groups in total. The molecule has 0 aromatic heterocycles. The van der Waals surface area contributed by atoms with Crippen molar-refractivity contribution in [2.24, 2.45) is 0 Å². The molecule has 5 heteroatoms. The van der Waals surface area contributed by atoms with E-state index in [2.05, 4.69) is 15.5 Å². The summed E-state index contributed by atoms with van der Waals surface area (Å²) in [4.78, 5) is 13.4. The van der Waals surface area contributed by atoms with Gasteiger partial charge in [-0.1, -0.05) is 27.7 Å². The first kappa shape index (κ1) is 18.2. The van der Waals surface area contributed by atoms with E-state index in [1.54, 1.807) is 0 Å². The maximum atomic E-state index is 11.1. The second kappa shape index (κ2) is 12.2. The summed E-state index contributed by atoms with van der Waals surface area (Å²) in [7, 11) is 0. The molecule has 0 bridgehead atoms. The maximum absolute atomic E-state index is 11.1. The average Bonchev–Trinajstić information content (AvgIpc) is 2.49. The fourth-order valence-electron chi connectivity index (χ4n) is 2.19. The van der Waals surface area contributed by atoms with Crippen molar-refractivity contribution in [3.8, 4) is 0 Å². The summed E-state index contributed by atoms with van der Waals surface area (Å²) in [6, 6.07) is 0.581. The summed E-state index contributed by atoms with van der Waals surface area (Å²) in [5.74, 6) is 0. The standard InChI is InChI=1S/C10H19N3O2.2C2H6/c14-10-12-4-1-7-13(8-15-10)9-2-5-11-6-3-9;2*1-2/h9,11H,1-8H2,(H,12,14);2*1-2H3. The van der Waals surface area contributed by atoms with Crippen molar-refractivity contribution < 1.29 is 9.53 Å². The molecule has 0 atom stereocenters. The number of carbonyl (C=O) groups is 1. The summed E-state index contributed by atoms with van der Waals surface area (Å²) < 4.78 is 5.10. The predicted molar refractivity (Wildman–Crippen MR) is 79.3 cm³/mol. The van der Waals surface area contributed by atoms with E-state index in [0.717, 1.165) is 45.4 Å². The average molecular weight is 273 g/mol. The zero-order valence-electron chi connectivity index (χ0n) is 13.0. The normalized spacial score (nSPS) is 21.4. The molecule has 1 amide bonds. The number of hydrogen-bond acceptors (Lipinski definition) is 4. The van der Waals surface area contributed by atoms with Gasteiger partial charge in [-0.3, -0.25) is 4.90 Å². The highest BCUT2D eigenvalue weighted by Crippen LogP contribution is 2.12. The minimum absolute atomic E-state index is 0.284. The number of piperidine rings is 1. The number of nitrogens with zero attached hydrogens (tertiary/aromatic N) is 1. The maximum Gasteiger partial charge on any atom is 0.408 e. The molecule has 114 valence electrons. The van der Waals surface area contributed by atoms with Gasteiger partial charge < -0.3 is 15.4 Å². The van der Waals surface area contributed by atoms with Gasteiger partial charge in [0.2, 0.25) is 0 Å². The van der Waals surface area contributed by atoms with Crippen molar-refractivity contribution in [2.45, 2.75) is 53.0 Å². The lowest BCUT2D eigenvalue weighted by atomic mass is 10.1. The third-order valence-electron chi connectivity index (χ3n) is 3.08. The highest BCUT2D eigenvalue weighted by atomic mass is 16.6. The van der Waals surface area contributed by atoms with Crippen molar-refractivity contribution >= 4 is 6.09 Å². The van der Waals surface area contributed by atoms with Crippen molar-refractivity contribution in [3.63, 3.8) is 0 Å². The van der Waals surface area contributed by atoms with Gasteiger partial charge in [-0.05, 0) is 32.4 Å². The summed E-state index contributed by atoms with van der Waals surface area (Å²) in [6.07, 6.45) is 3.04. The van der Waals surface area contributed by atoms with Gasteiger partial charge in [-0.15, -0.1) is 0 Å². The first-order chi connectivity index (χ1) is 9.36. The van der Waals surface area contributed by atoms with Gasteiger partial charge in [0, 0.05) is 19.1 Å². The number of carbonyl (C=O) groups excluding carboxylic acids is 1. The summed E-state index contributed by atoms with van der Waals surface area (Å²) in [5.41, 5.74) is 0. The molecule has 0 spiro atoms. The Labute approximate surface area is 118 Å². The van der Waals surface area contributed by atoms with E-state index in [1.807, 2.05) is 27.7 Å². The van der Waals surface area contributed by atoms with Crippen molar-refractivity contribution in [1.82, 2.24) is 15.5 Å². The smallest absolute Gasteiger partial charge is 0.408 e. The summed E-state index contributed by atoms with van der Waals surface area (Å²) >= 11 is 0. The van der Waals surface area contributed by atoms with Crippen LogP contribution in [0.1, 0.15) is 47.0 Å². The van der Waals surface area contributed by atoms with Crippen LogP contribution in [-0.2, 0) is 4.74 Å². The van der Waals surface area contributed by atoms with E-state index in [9.17, 15) is 4.79 Å². The van der Waals surface area contributed by atoms with E-state index in [0.29, 0.717) is 12.8 Å². The number of cyclic esters (lactones) is 1. The number of amides is 1. The topological polar surface area (TPSA) is 53.6 Å². The molecule has 2 heterocycles. The third kappa shape index (κ3) is 7.38. The SMILES string of the molecule is CC.CC.O=C1NCCCN(C2CCNCC2)CO1. The molecule has 19 heavy (non-hydrogen) atoms. The van der Waals surface area contributed by atoms with Gasteiger partial charge in [0.25, 0.3) is 0 Å². The van der Waals surface area contributed by atoms with Crippen molar-refractivity contribution in [3.05, 3.63) is 0 Å². The van der Waals surface area contributed by atoms with Gasteiger partial charge in [-0.25, -0.2) is 4.79 Å². The molecule has 0 radical (unpaired) electrons. The zero-order chi connectivity index (χ0) is 14.5. The van der Waals surface area contributed by atoms with Crippen LogP contribution in [0.5, 0.6) is 0 Å². The minimum atomic E-state index is -0.284. The number of rotatable bonds is 1. The van der Waals surface area contributed by atoms with E-state index < -0.39 is 0 Å². The molecule has 5 nitrogen and oxygen atoms in total. The lowest BCUT2D eigenvalue weighted by Crippen LogP contribution is -2.47. The number of ether oxygens (including phenoxy) is 1. The van der Waals surface area contributed by atoms with Gasteiger partial charge in [0.1, 0.15) is 6.73 Å². The van der Waals surface area contributed by atoms with Crippen LogP contribution in [0.4, 0.5) is 4.79 Å². The lowest BCUT2D eigenvalue weighted by Gasteiger charge is -2.34. The molecule has 0 aliphatic carbocycles. The fraction of sp³-hybridized carbons (Fsp3) is 0.929. The Balaban J connectivity index is 0.000000741. The van der Waals surface area contributed by atoms with Crippen LogP contribution in [0.3, 0.4) is 0 Å². The Hall–Kier alpha value is -0.810. The lowest BCUT2D eigenvalue weighted by molar-refractivity contribution is 0.0258. The molecule has 0 aromatic carbocycles. The molecule has 0 saturated carbocycles. The molecule has 2 fully saturated rings. The first-order valence-corrected chi connectivity index (χ1v) is 7.71. The Kier molecular flexibility index (Phi) is 11.7. The number of nitrogens with one attached hydrogen (secondary N) is 2. The Bertz CT molecular complexity index is 219. The Morgan fingerprint density at radius 1 is 1.11 bits per heavy atom. The molecular formula is C14H31N3O2. The molecule has 0 aromatic rings. The minimum Gasteiger partial charge on any atom is -0.433 e. The highest BCUT2D eigenvalue weighted by Gasteiger charge is 2.22. The molecule has 2 saturated heterocycles. The van der Waals surface area contributed by atoms with Gasteiger partial charge in [0.05, 0.1) is 0 Å². The molecule has 2 aliphatic heterocycles. The van der Waals surface area contributed by atoms with E-state index >= 15 is 0 Å². The van der Waals surface area contributed by atoms with Crippen molar-refractivity contribution in [1.29, 1.82) is 0 Å². The molecule has 0 unspecified atom stereocenters. The molecule has 2 aliphatic rings. The quantitative estimate of drug-likeness (QED) is 0.769. The highest BCUT2D eigenvalue weighted by molar-refractivity contribution is 5.67. The van der Waals surface area contributed by atoms with Crippen LogP contribution in [0.25, 0.3) is 0 Å². The summed E-state index contributed by atoms with van der Waals surface area (Å²) in [6.45, 7) is 12.3. The van der Waals surface area contributed by atoms with E-state index in [1.165, 1.54) is 0 Å². The Morgan fingerprint density at radius 3 is 2.37 bits per heavy atom. The fourth-order valence-corrected chi connectivity index (χ4v) is 2.19. The van der Waals surface area contributed by atoms with Crippen LogP contribution in [0.2, 0.25) is 0 Å². The van der Waals surface area contributed by atoms with Crippen LogP contribution in [-0.4, -0.2) is 49.9 Å². The predicted octanol–water partition coefficient (Wildman–Crippen LogP) is 2.18. The zero-order valence-corrected chi connectivity index (χ0v) is 13.0. The third-order valence-corrected chi connectivity index (χ3v) is 3.08. The number of alkyl carbamates (subject to hydrolysis) is 1. The largest absolute Gasteiger partial charge is 0.433 e. The van der Waals surface area contributed by atoms with Crippen LogP contribution in [0, 0.1) is 0 Å². The monoisotopic (exact) mass is 273 g/mol. The van der Waals surface area contributed by atoms with Crippen LogP contribution >= 0.6 is 0 Å². The van der Waals surface area contributed by atoms with Crippen LogP contribution in [0.15, 0.2) is 0 Å². The van der Waals surface area contributed by atoms with Gasteiger partial charge >= 0.3 is 6.09 Å². The van der Waals surface area contributed by atoms with E-state index in [-0.39, 0.29) is 6.09 Å². The van der Waals surface area contributed by atoms with Gasteiger partial charge in [0.15, 0.2) is 0 Å². The molecule has 2 rings (SSSR count). The second-order valence-corrected chi connectivity index (χ2v) is 4.13. The molecular weight excluding hydrogens is 242 g/mol. The first-order valence-electron chi connectivity index (χ1n) is 7.71. The van der Waals surface area contributed by atoms with Crippen LogP contribution < -0.4 is 10.6 Å². The second-order valence-electron chi connectivity index (χ2n) is 4.13. The van der Waals surface area contributed by atoms with E-state index in [4.69, 9.17) is 4.74 Å². The Morgan fingerprint density at radius 2 is 1.74 bits per heavy atom.